The summed E-state index contributed by atoms with van der Waals surface area (Å²) in [6.45, 7) is 8.46. The molecule has 1 aromatic rings. The first kappa shape index (κ1) is 14.7. The van der Waals surface area contributed by atoms with Crippen LogP contribution in [0.15, 0.2) is 24.3 Å². The average molecular weight is 287 g/mol. The van der Waals surface area contributed by atoms with Gasteiger partial charge in [-0.1, -0.05) is 19.9 Å². The first-order valence-corrected chi connectivity index (χ1v) is 8.34. The molecule has 2 saturated heterocycles. The molecule has 1 aromatic carbocycles. The van der Waals surface area contributed by atoms with Crippen molar-refractivity contribution in [2.24, 2.45) is 5.92 Å². The number of piperazine rings is 1. The van der Waals surface area contributed by atoms with E-state index in [2.05, 4.69) is 66.9 Å². The predicted octanol–water partition coefficient (Wildman–Crippen LogP) is 3.06. The number of hydrogen-bond acceptors (Lipinski definition) is 3. The zero-order valence-electron chi connectivity index (χ0n) is 13.9. The smallest absolute Gasteiger partial charge is 0.0440 e. The molecule has 2 fully saturated rings. The fraction of sp³-hybridized carbons (Fsp3) is 0.667. The van der Waals surface area contributed by atoms with Gasteiger partial charge in [-0.3, -0.25) is 4.90 Å². The minimum absolute atomic E-state index is 0.636. The van der Waals surface area contributed by atoms with Gasteiger partial charge in [-0.15, -0.1) is 0 Å². The van der Waals surface area contributed by atoms with Gasteiger partial charge in [-0.05, 0) is 43.5 Å². The van der Waals surface area contributed by atoms with Crippen molar-refractivity contribution in [1.29, 1.82) is 0 Å². The maximum absolute atomic E-state index is 2.72. The Balaban J connectivity index is 1.88. The molecule has 3 nitrogen and oxygen atoms in total. The molecular weight excluding hydrogens is 258 g/mol. The monoisotopic (exact) mass is 287 g/mol. The van der Waals surface area contributed by atoms with Crippen LogP contribution in [0.25, 0.3) is 0 Å². The number of anilines is 2. The Bertz CT molecular complexity index is 483. The van der Waals surface area contributed by atoms with E-state index in [0.717, 1.165) is 6.04 Å². The lowest BCUT2D eigenvalue weighted by atomic mass is 9.96. The molecular formula is C18H29N3. The van der Waals surface area contributed by atoms with Crippen molar-refractivity contribution in [3.05, 3.63) is 24.3 Å². The van der Waals surface area contributed by atoms with Gasteiger partial charge in [0.25, 0.3) is 0 Å². The fourth-order valence-electron chi connectivity index (χ4n) is 3.86. The van der Waals surface area contributed by atoms with Gasteiger partial charge in [0.15, 0.2) is 0 Å². The maximum atomic E-state index is 2.72. The van der Waals surface area contributed by atoms with Gasteiger partial charge < -0.3 is 9.80 Å². The van der Waals surface area contributed by atoms with Crippen molar-refractivity contribution in [2.75, 3.05) is 43.5 Å². The van der Waals surface area contributed by atoms with E-state index in [-0.39, 0.29) is 0 Å². The van der Waals surface area contributed by atoms with Gasteiger partial charge in [0, 0.05) is 50.6 Å². The highest BCUT2D eigenvalue weighted by Gasteiger charge is 2.37. The molecule has 0 aromatic heterocycles. The van der Waals surface area contributed by atoms with Crippen LogP contribution in [0.1, 0.15) is 26.7 Å². The van der Waals surface area contributed by atoms with Crippen molar-refractivity contribution in [3.8, 4) is 0 Å². The van der Waals surface area contributed by atoms with Gasteiger partial charge in [-0.2, -0.15) is 0 Å². The van der Waals surface area contributed by atoms with Crippen molar-refractivity contribution in [3.63, 3.8) is 0 Å². The standard InChI is InChI=1S/C18H29N3/c1-14(2)18-13-20-10-6-9-17(20)12-21(18)16-8-5-7-15(11-16)19(3)4/h5,7-8,11,14,17-18H,6,9-10,12-13H2,1-4H3. The molecule has 116 valence electrons. The van der Waals surface area contributed by atoms with Crippen molar-refractivity contribution in [1.82, 2.24) is 4.90 Å². The van der Waals surface area contributed by atoms with Crippen LogP contribution in [0, 0.1) is 5.92 Å². The van der Waals surface area contributed by atoms with E-state index in [0.29, 0.717) is 12.0 Å². The maximum Gasteiger partial charge on any atom is 0.0440 e. The van der Waals surface area contributed by atoms with Crippen molar-refractivity contribution >= 4 is 11.4 Å². The molecule has 2 heterocycles. The van der Waals surface area contributed by atoms with Crippen LogP contribution in [0.3, 0.4) is 0 Å². The predicted molar refractivity (Wildman–Crippen MR) is 91.3 cm³/mol. The van der Waals surface area contributed by atoms with Crippen LogP contribution in [0.5, 0.6) is 0 Å². The molecule has 21 heavy (non-hydrogen) atoms. The topological polar surface area (TPSA) is 9.72 Å². The summed E-state index contributed by atoms with van der Waals surface area (Å²) in [5.74, 6) is 0.689. The Hall–Kier alpha value is -1.22. The number of fused-ring (bicyclic) bond motifs is 1. The normalized spacial score (nSPS) is 26.2. The highest BCUT2D eigenvalue weighted by Crippen LogP contribution is 2.32. The van der Waals surface area contributed by atoms with Crippen LogP contribution < -0.4 is 9.80 Å². The summed E-state index contributed by atoms with van der Waals surface area (Å²) in [5, 5.41) is 0. The molecule has 2 atom stereocenters. The number of benzene rings is 1. The molecule has 0 spiro atoms. The van der Waals surface area contributed by atoms with E-state index in [9.17, 15) is 0 Å². The Morgan fingerprint density at radius 1 is 1.19 bits per heavy atom. The van der Waals surface area contributed by atoms with E-state index in [1.165, 1.54) is 43.9 Å². The third-order valence-corrected chi connectivity index (χ3v) is 5.18. The zero-order valence-corrected chi connectivity index (χ0v) is 13.9. The van der Waals surface area contributed by atoms with Crippen LogP contribution in [-0.2, 0) is 0 Å². The molecule has 0 bridgehead atoms. The van der Waals surface area contributed by atoms with E-state index < -0.39 is 0 Å². The summed E-state index contributed by atoms with van der Waals surface area (Å²) < 4.78 is 0. The van der Waals surface area contributed by atoms with Crippen LogP contribution in [0.2, 0.25) is 0 Å². The van der Waals surface area contributed by atoms with Gasteiger partial charge in [0.2, 0.25) is 0 Å². The summed E-state index contributed by atoms with van der Waals surface area (Å²) in [6.07, 6.45) is 2.75. The minimum atomic E-state index is 0.636. The van der Waals surface area contributed by atoms with Gasteiger partial charge >= 0.3 is 0 Å². The third kappa shape index (κ3) is 2.89. The SMILES string of the molecule is CC(C)C1CN2CCCC2CN1c1cccc(N(C)C)c1. The summed E-state index contributed by atoms with van der Waals surface area (Å²) >= 11 is 0. The van der Waals surface area contributed by atoms with E-state index >= 15 is 0 Å². The van der Waals surface area contributed by atoms with E-state index in [1.54, 1.807) is 0 Å². The van der Waals surface area contributed by atoms with Crippen LogP contribution >= 0.6 is 0 Å². The number of nitrogens with zero attached hydrogens (tertiary/aromatic N) is 3. The number of hydrogen-bond donors (Lipinski definition) is 0. The quantitative estimate of drug-likeness (QED) is 0.846. The lowest BCUT2D eigenvalue weighted by Gasteiger charge is -2.47. The van der Waals surface area contributed by atoms with Crippen molar-refractivity contribution in [2.45, 2.75) is 38.8 Å². The Morgan fingerprint density at radius 3 is 2.71 bits per heavy atom. The number of rotatable bonds is 3. The average Bonchev–Trinajstić information content (AvgIpc) is 2.93. The Labute approximate surface area is 129 Å². The fourth-order valence-corrected chi connectivity index (χ4v) is 3.86. The van der Waals surface area contributed by atoms with Gasteiger partial charge in [0.05, 0.1) is 0 Å². The van der Waals surface area contributed by atoms with Gasteiger partial charge in [0.1, 0.15) is 0 Å². The molecule has 0 radical (unpaired) electrons. The highest BCUT2D eigenvalue weighted by atomic mass is 15.3. The van der Waals surface area contributed by atoms with Crippen molar-refractivity contribution < 1.29 is 0 Å². The molecule has 0 N–H and O–H groups in total. The Kier molecular flexibility index (Phi) is 4.12. The summed E-state index contributed by atoms with van der Waals surface area (Å²) in [6, 6.07) is 10.4. The third-order valence-electron chi connectivity index (χ3n) is 5.18. The molecule has 3 heteroatoms. The molecule has 0 saturated carbocycles. The lowest BCUT2D eigenvalue weighted by molar-refractivity contribution is 0.176. The van der Waals surface area contributed by atoms with Crippen LogP contribution in [-0.4, -0.2) is 50.7 Å². The first-order chi connectivity index (χ1) is 10.1. The second-order valence-corrected chi connectivity index (χ2v) is 7.17. The molecule has 0 amide bonds. The summed E-state index contributed by atoms with van der Waals surface area (Å²) in [4.78, 5) is 7.58. The Morgan fingerprint density at radius 2 is 2.00 bits per heavy atom. The van der Waals surface area contributed by atoms with Gasteiger partial charge in [-0.25, -0.2) is 0 Å². The molecule has 0 aliphatic carbocycles. The first-order valence-electron chi connectivity index (χ1n) is 8.34. The molecule has 2 aliphatic heterocycles. The van der Waals surface area contributed by atoms with Crippen LogP contribution in [0.4, 0.5) is 11.4 Å². The summed E-state index contributed by atoms with van der Waals surface area (Å²) in [7, 11) is 4.24. The second-order valence-electron chi connectivity index (χ2n) is 7.17. The lowest BCUT2D eigenvalue weighted by Crippen LogP contribution is -2.58. The largest absolute Gasteiger partial charge is 0.378 e. The molecule has 3 rings (SSSR count). The second kappa shape index (κ2) is 5.88. The molecule has 2 unspecified atom stereocenters. The van der Waals surface area contributed by atoms with E-state index in [1.807, 2.05) is 0 Å². The molecule has 2 aliphatic rings. The summed E-state index contributed by atoms with van der Waals surface area (Å²) in [5.41, 5.74) is 2.69. The highest BCUT2D eigenvalue weighted by molar-refractivity contribution is 5.59. The minimum Gasteiger partial charge on any atom is -0.378 e. The van der Waals surface area contributed by atoms with E-state index in [4.69, 9.17) is 0 Å². The zero-order chi connectivity index (χ0) is 15.0.